The molecule has 0 fully saturated rings. The number of allylic oxidation sites excluding steroid dienone is 1. The van der Waals surface area contributed by atoms with E-state index < -0.39 is 29.5 Å². The number of amides is 1. The summed E-state index contributed by atoms with van der Waals surface area (Å²) < 4.78 is 41.8. The predicted molar refractivity (Wildman–Crippen MR) is 51.2 cm³/mol. The highest BCUT2D eigenvalue weighted by Gasteiger charge is 2.39. The van der Waals surface area contributed by atoms with Gasteiger partial charge in [0.25, 0.3) is 0 Å². The number of halogens is 3. The van der Waals surface area contributed by atoms with Gasteiger partial charge in [-0.1, -0.05) is 6.92 Å². The molecule has 0 aromatic rings. The lowest BCUT2D eigenvalue weighted by Gasteiger charge is -2.15. The maximum Gasteiger partial charge on any atom is 0.431 e. The standard InChI is InChI=1S/C9H12F3NO4/c1-3-5(7(14)15)6(9(10,11)12)13-8(16)17-4-2/h3-4H2,1-2H3,(H,13,16)(H,14,15). The zero-order valence-electron chi connectivity index (χ0n) is 9.22. The van der Waals surface area contributed by atoms with Crippen LogP contribution in [0.4, 0.5) is 18.0 Å². The Morgan fingerprint density at radius 3 is 2.12 bits per heavy atom. The maximum atomic E-state index is 12.5. The molecule has 0 rings (SSSR count). The molecule has 8 heteroatoms. The molecule has 0 unspecified atom stereocenters. The molecule has 0 saturated heterocycles. The molecule has 0 atom stereocenters. The SMILES string of the molecule is CCOC(=O)NC(=C(CC)C(=O)O)C(F)(F)F. The lowest BCUT2D eigenvalue weighted by atomic mass is 10.1. The van der Waals surface area contributed by atoms with Crippen LogP contribution in [0.25, 0.3) is 0 Å². The molecule has 0 aromatic carbocycles. The molecule has 0 aliphatic heterocycles. The normalized spacial score (nSPS) is 12.8. The van der Waals surface area contributed by atoms with Crippen LogP contribution in [0.3, 0.4) is 0 Å². The summed E-state index contributed by atoms with van der Waals surface area (Å²) in [4.78, 5) is 21.5. The molecule has 0 saturated carbocycles. The first-order valence-corrected chi connectivity index (χ1v) is 4.71. The van der Waals surface area contributed by atoms with Crippen molar-refractivity contribution < 1.29 is 32.6 Å². The number of aliphatic carboxylic acids is 1. The van der Waals surface area contributed by atoms with Gasteiger partial charge < -0.3 is 9.84 Å². The van der Waals surface area contributed by atoms with Crippen molar-refractivity contribution in [2.24, 2.45) is 0 Å². The number of alkyl halides is 3. The van der Waals surface area contributed by atoms with Gasteiger partial charge in [0.15, 0.2) is 0 Å². The molecule has 0 aliphatic rings. The first kappa shape index (κ1) is 15.3. The van der Waals surface area contributed by atoms with Crippen molar-refractivity contribution >= 4 is 12.1 Å². The summed E-state index contributed by atoms with van der Waals surface area (Å²) in [6.07, 6.45) is -6.68. The Labute approximate surface area is 95.2 Å². The summed E-state index contributed by atoms with van der Waals surface area (Å²) in [5.74, 6) is -1.74. The number of carboxylic acid groups (broad SMARTS) is 1. The van der Waals surface area contributed by atoms with Gasteiger partial charge in [-0.15, -0.1) is 0 Å². The van der Waals surface area contributed by atoms with Gasteiger partial charge in [-0.25, -0.2) is 9.59 Å². The van der Waals surface area contributed by atoms with Gasteiger partial charge in [-0.2, -0.15) is 13.2 Å². The van der Waals surface area contributed by atoms with Gasteiger partial charge in [0, 0.05) is 0 Å². The topological polar surface area (TPSA) is 75.6 Å². The van der Waals surface area contributed by atoms with Crippen LogP contribution < -0.4 is 5.32 Å². The van der Waals surface area contributed by atoms with Gasteiger partial charge in [-0.3, -0.25) is 5.32 Å². The molecule has 1 amide bonds. The van der Waals surface area contributed by atoms with Crippen LogP contribution in [0.15, 0.2) is 11.3 Å². The number of carbonyl (C=O) groups is 2. The van der Waals surface area contributed by atoms with E-state index in [0.29, 0.717) is 0 Å². The lowest BCUT2D eigenvalue weighted by Crippen LogP contribution is -2.34. The Bertz CT molecular complexity index is 336. The molecule has 2 N–H and O–H groups in total. The quantitative estimate of drug-likeness (QED) is 0.754. The second kappa shape index (κ2) is 6.12. The largest absolute Gasteiger partial charge is 0.478 e. The number of hydrogen-bond donors (Lipinski definition) is 2. The Morgan fingerprint density at radius 2 is 1.82 bits per heavy atom. The van der Waals surface area contributed by atoms with Crippen molar-refractivity contribution in [1.82, 2.24) is 5.32 Å². The Morgan fingerprint density at radius 1 is 1.29 bits per heavy atom. The highest BCUT2D eigenvalue weighted by Crippen LogP contribution is 2.27. The van der Waals surface area contributed by atoms with E-state index in [1.165, 1.54) is 19.2 Å². The number of nitrogens with one attached hydrogen (secondary N) is 1. The van der Waals surface area contributed by atoms with Crippen LogP contribution in [-0.4, -0.2) is 30.0 Å². The van der Waals surface area contributed by atoms with E-state index >= 15 is 0 Å². The third kappa shape index (κ3) is 4.75. The van der Waals surface area contributed by atoms with Crippen LogP contribution in [0.5, 0.6) is 0 Å². The predicted octanol–water partition coefficient (Wildman–Crippen LogP) is 2.04. The Hall–Kier alpha value is -1.73. The zero-order valence-corrected chi connectivity index (χ0v) is 9.22. The van der Waals surface area contributed by atoms with Crippen molar-refractivity contribution in [3.05, 3.63) is 11.3 Å². The average Bonchev–Trinajstić information content (AvgIpc) is 2.15. The molecule has 0 radical (unpaired) electrons. The fraction of sp³-hybridized carbons (Fsp3) is 0.556. The monoisotopic (exact) mass is 255 g/mol. The first-order chi connectivity index (χ1) is 7.73. The molecule has 0 bridgehead atoms. The minimum absolute atomic E-state index is 0.120. The molecule has 0 aromatic heterocycles. The number of carbonyl (C=O) groups excluding carboxylic acids is 1. The van der Waals surface area contributed by atoms with Gasteiger partial charge in [0.2, 0.25) is 0 Å². The number of carboxylic acids is 1. The second-order valence-corrected chi connectivity index (χ2v) is 2.86. The van der Waals surface area contributed by atoms with Crippen LogP contribution in [0, 0.1) is 0 Å². The minimum Gasteiger partial charge on any atom is -0.478 e. The van der Waals surface area contributed by atoms with E-state index in [0.717, 1.165) is 0 Å². The van der Waals surface area contributed by atoms with Crippen LogP contribution >= 0.6 is 0 Å². The Balaban J connectivity index is 5.28. The van der Waals surface area contributed by atoms with Crippen molar-refractivity contribution in [1.29, 1.82) is 0 Å². The maximum absolute atomic E-state index is 12.5. The second-order valence-electron chi connectivity index (χ2n) is 2.86. The summed E-state index contributed by atoms with van der Waals surface area (Å²) in [7, 11) is 0. The average molecular weight is 255 g/mol. The van der Waals surface area contributed by atoms with Crippen molar-refractivity contribution in [2.75, 3.05) is 6.61 Å². The summed E-state index contributed by atoms with van der Waals surface area (Å²) in [5.41, 5.74) is -2.53. The third-order valence-corrected chi connectivity index (χ3v) is 1.70. The summed E-state index contributed by atoms with van der Waals surface area (Å²) in [5, 5.41) is 10.0. The van der Waals surface area contributed by atoms with Crippen molar-refractivity contribution in [2.45, 2.75) is 26.4 Å². The number of hydrogen-bond acceptors (Lipinski definition) is 3. The van der Waals surface area contributed by atoms with Crippen LogP contribution in [0.1, 0.15) is 20.3 Å². The Kier molecular flexibility index (Phi) is 5.49. The summed E-state index contributed by atoms with van der Waals surface area (Å²) >= 11 is 0. The molecule has 5 nitrogen and oxygen atoms in total. The number of rotatable bonds is 4. The zero-order chi connectivity index (χ0) is 13.6. The summed E-state index contributed by atoms with van der Waals surface area (Å²) in [6, 6.07) is 0. The van der Waals surface area contributed by atoms with Crippen molar-refractivity contribution in [3.63, 3.8) is 0 Å². The molecule has 0 aliphatic carbocycles. The smallest absolute Gasteiger partial charge is 0.431 e. The van der Waals surface area contributed by atoms with E-state index in [1.807, 2.05) is 0 Å². The number of alkyl carbamates (subject to hydrolysis) is 1. The van der Waals surface area contributed by atoms with Crippen molar-refractivity contribution in [3.8, 4) is 0 Å². The molecular weight excluding hydrogens is 243 g/mol. The minimum atomic E-state index is -4.96. The lowest BCUT2D eigenvalue weighted by molar-refractivity contribution is -0.134. The molecule has 17 heavy (non-hydrogen) atoms. The van der Waals surface area contributed by atoms with E-state index in [2.05, 4.69) is 4.74 Å². The van der Waals surface area contributed by atoms with Gasteiger partial charge in [-0.05, 0) is 13.3 Å². The van der Waals surface area contributed by atoms with E-state index in [9.17, 15) is 22.8 Å². The van der Waals surface area contributed by atoms with E-state index in [-0.39, 0.29) is 13.0 Å². The highest BCUT2D eigenvalue weighted by atomic mass is 19.4. The molecular formula is C9H12F3NO4. The molecule has 98 valence electrons. The number of ether oxygens (including phenoxy) is 1. The molecule has 0 spiro atoms. The highest BCUT2D eigenvalue weighted by molar-refractivity contribution is 5.88. The van der Waals surface area contributed by atoms with Gasteiger partial charge in [0.1, 0.15) is 5.70 Å². The fourth-order valence-electron chi connectivity index (χ4n) is 1.02. The first-order valence-electron chi connectivity index (χ1n) is 4.71. The van der Waals surface area contributed by atoms with E-state index in [4.69, 9.17) is 5.11 Å². The van der Waals surface area contributed by atoms with Gasteiger partial charge in [0.05, 0.1) is 12.2 Å². The third-order valence-electron chi connectivity index (χ3n) is 1.70. The summed E-state index contributed by atoms with van der Waals surface area (Å²) in [6.45, 7) is 2.53. The van der Waals surface area contributed by atoms with Gasteiger partial charge >= 0.3 is 18.2 Å². The van der Waals surface area contributed by atoms with Crippen LogP contribution in [0.2, 0.25) is 0 Å². The van der Waals surface area contributed by atoms with E-state index in [1.54, 1.807) is 0 Å². The fourth-order valence-corrected chi connectivity index (χ4v) is 1.02. The molecule has 0 heterocycles. The van der Waals surface area contributed by atoms with Crippen LogP contribution in [-0.2, 0) is 9.53 Å².